The molecule has 1 heterocycles. The van der Waals surface area contributed by atoms with Crippen molar-refractivity contribution in [3.63, 3.8) is 0 Å². The predicted octanol–water partition coefficient (Wildman–Crippen LogP) is 6.19. The fourth-order valence-corrected chi connectivity index (χ4v) is 4.23. The first-order chi connectivity index (χ1) is 13.1. The quantitative estimate of drug-likeness (QED) is 0.452. The van der Waals surface area contributed by atoms with Crippen molar-refractivity contribution in [2.75, 3.05) is 5.32 Å². The number of carbonyl (C=O) groups excluding carboxylic acids is 1. The Hall–Kier alpha value is -2.98. The van der Waals surface area contributed by atoms with Crippen LogP contribution < -0.4 is 5.32 Å². The molecular formula is C23H18FNOS. The average Bonchev–Trinajstić information content (AvgIpc) is 3.04. The van der Waals surface area contributed by atoms with E-state index in [1.54, 1.807) is 18.2 Å². The first-order valence-electron chi connectivity index (χ1n) is 8.73. The van der Waals surface area contributed by atoms with Crippen molar-refractivity contribution in [2.24, 2.45) is 0 Å². The monoisotopic (exact) mass is 375 g/mol. The maximum atomic E-state index is 13.9. The van der Waals surface area contributed by atoms with Crippen LogP contribution >= 0.6 is 11.3 Å². The number of para-hydroxylation sites is 1. The van der Waals surface area contributed by atoms with Gasteiger partial charge in [0, 0.05) is 4.70 Å². The Morgan fingerprint density at radius 2 is 1.67 bits per heavy atom. The Kier molecular flexibility index (Phi) is 4.73. The zero-order valence-electron chi connectivity index (χ0n) is 14.8. The highest BCUT2D eigenvalue weighted by atomic mass is 32.1. The fourth-order valence-electron chi connectivity index (χ4n) is 3.11. The van der Waals surface area contributed by atoms with Crippen LogP contribution in [0.5, 0.6) is 0 Å². The lowest BCUT2D eigenvalue weighted by atomic mass is 10.0. The minimum atomic E-state index is -0.438. The van der Waals surface area contributed by atoms with Crippen molar-refractivity contribution >= 4 is 33.0 Å². The van der Waals surface area contributed by atoms with Gasteiger partial charge in [-0.1, -0.05) is 60.2 Å². The van der Waals surface area contributed by atoms with Crippen LogP contribution in [-0.2, 0) is 6.42 Å². The maximum Gasteiger partial charge on any atom is 0.266 e. The van der Waals surface area contributed by atoms with Crippen LogP contribution in [0.15, 0.2) is 72.8 Å². The lowest BCUT2D eigenvalue weighted by molar-refractivity contribution is 0.102. The van der Waals surface area contributed by atoms with E-state index in [9.17, 15) is 9.18 Å². The molecule has 1 amide bonds. The number of hydrogen-bond donors (Lipinski definition) is 1. The molecule has 0 aliphatic rings. The van der Waals surface area contributed by atoms with Gasteiger partial charge in [-0.05, 0) is 48.1 Å². The smallest absolute Gasteiger partial charge is 0.266 e. The largest absolute Gasteiger partial charge is 0.319 e. The predicted molar refractivity (Wildman–Crippen MR) is 110 cm³/mol. The number of rotatable bonds is 4. The number of nitrogens with one attached hydrogen (secondary N) is 1. The highest BCUT2D eigenvalue weighted by Gasteiger charge is 2.19. The molecule has 0 fully saturated rings. The van der Waals surface area contributed by atoms with Crippen LogP contribution in [0.2, 0.25) is 0 Å². The third kappa shape index (κ3) is 3.62. The van der Waals surface area contributed by atoms with Gasteiger partial charge in [0.2, 0.25) is 0 Å². The summed E-state index contributed by atoms with van der Waals surface area (Å²) in [6, 6.07) is 22.5. The summed E-state index contributed by atoms with van der Waals surface area (Å²) in [5.74, 6) is -0.713. The van der Waals surface area contributed by atoms with Gasteiger partial charge in [-0.15, -0.1) is 11.3 Å². The number of anilines is 1. The van der Waals surface area contributed by atoms with Gasteiger partial charge >= 0.3 is 0 Å². The summed E-state index contributed by atoms with van der Waals surface area (Å²) in [6.07, 6.45) is 0.657. The molecule has 4 rings (SSSR count). The van der Waals surface area contributed by atoms with Crippen LogP contribution in [0.1, 0.15) is 26.4 Å². The highest BCUT2D eigenvalue weighted by molar-refractivity contribution is 7.21. The molecule has 2 nitrogen and oxygen atoms in total. The Balaban J connectivity index is 1.74. The van der Waals surface area contributed by atoms with Crippen molar-refractivity contribution in [3.8, 4) is 0 Å². The van der Waals surface area contributed by atoms with E-state index in [0.717, 1.165) is 21.2 Å². The van der Waals surface area contributed by atoms with Crippen LogP contribution in [0, 0.1) is 12.7 Å². The Morgan fingerprint density at radius 1 is 0.963 bits per heavy atom. The number of amides is 1. The zero-order chi connectivity index (χ0) is 18.8. The Labute approximate surface area is 161 Å². The molecule has 0 bridgehead atoms. The van der Waals surface area contributed by atoms with E-state index in [4.69, 9.17) is 0 Å². The maximum absolute atomic E-state index is 13.9. The average molecular weight is 375 g/mol. The minimum Gasteiger partial charge on any atom is -0.319 e. The first kappa shape index (κ1) is 17.4. The molecule has 0 atom stereocenters. The second-order valence-electron chi connectivity index (χ2n) is 6.50. The molecule has 0 aliphatic carbocycles. The lowest BCUT2D eigenvalue weighted by Gasteiger charge is -2.08. The van der Waals surface area contributed by atoms with Crippen molar-refractivity contribution in [2.45, 2.75) is 13.3 Å². The van der Waals surface area contributed by atoms with E-state index in [-0.39, 0.29) is 11.6 Å². The van der Waals surface area contributed by atoms with Crippen LogP contribution in [0.25, 0.3) is 10.1 Å². The van der Waals surface area contributed by atoms with Gasteiger partial charge in [0.1, 0.15) is 5.82 Å². The molecule has 0 radical (unpaired) electrons. The molecule has 0 saturated carbocycles. The summed E-state index contributed by atoms with van der Waals surface area (Å²) < 4.78 is 15.0. The minimum absolute atomic E-state index is 0.196. The standard InChI is InChI=1S/C23H18FNOS/c1-15-10-12-16(13-11-15)14-18-17-6-2-5-9-21(17)27-22(18)23(26)25-20-8-4-3-7-19(20)24/h2-13H,14H2,1H3,(H,25,26). The van der Waals surface area contributed by atoms with E-state index in [2.05, 4.69) is 36.5 Å². The number of fused-ring (bicyclic) bond motifs is 1. The van der Waals surface area contributed by atoms with Crippen molar-refractivity contribution in [1.29, 1.82) is 0 Å². The number of halogens is 1. The summed E-state index contributed by atoms with van der Waals surface area (Å²) in [7, 11) is 0. The third-order valence-electron chi connectivity index (χ3n) is 4.53. The van der Waals surface area contributed by atoms with Gasteiger partial charge in [-0.2, -0.15) is 0 Å². The SMILES string of the molecule is Cc1ccc(Cc2c(C(=O)Nc3ccccc3F)sc3ccccc23)cc1. The van der Waals surface area contributed by atoms with E-state index >= 15 is 0 Å². The van der Waals surface area contributed by atoms with Gasteiger partial charge in [-0.3, -0.25) is 4.79 Å². The molecule has 27 heavy (non-hydrogen) atoms. The van der Waals surface area contributed by atoms with Crippen molar-refractivity contribution in [1.82, 2.24) is 0 Å². The molecule has 0 unspecified atom stereocenters. The summed E-state index contributed by atoms with van der Waals surface area (Å²) in [4.78, 5) is 13.6. The van der Waals surface area contributed by atoms with Gasteiger partial charge in [0.15, 0.2) is 0 Å². The number of benzene rings is 3. The molecule has 1 aromatic heterocycles. The summed E-state index contributed by atoms with van der Waals surface area (Å²) in [6.45, 7) is 2.05. The number of thiophene rings is 1. The fraction of sp³-hybridized carbons (Fsp3) is 0.0870. The van der Waals surface area contributed by atoms with E-state index in [1.165, 1.54) is 23.0 Å². The summed E-state index contributed by atoms with van der Waals surface area (Å²) in [5, 5.41) is 3.79. The second kappa shape index (κ2) is 7.33. The van der Waals surface area contributed by atoms with Gasteiger partial charge < -0.3 is 5.32 Å². The molecule has 0 saturated heterocycles. The molecule has 4 heteroatoms. The Bertz CT molecular complexity index is 1110. The molecule has 0 aliphatic heterocycles. The van der Waals surface area contributed by atoms with E-state index in [0.29, 0.717) is 11.3 Å². The molecule has 0 spiro atoms. The summed E-state index contributed by atoms with van der Waals surface area (Å²) >= 11 is 1.45. The van der Waals surface area contributed by atoms with Crippen LogP contribution in [0.3, 0.4) is 0 Å². The number of aryl methyl sites for hydroxylation is 1. The summed E-state index contributed by atoms with van der Waals surface area (Å²) in [5.41, 5.74) is 3.52. The number of hydrogen-bond acceptors (Lipinski definition) is 2. The van der Waals surface area contributed by atoms with Crippen molar-refractivity contribution in [3.05, 3.63) is 100 Å². The second-order valence-corrected chi connectivity index (χ2v) is 7.55. The third-order valence-corrected chi connectivity index (χ3v) is 5.74. The highest BCUT2D eigenvalue weighted by Crippen LogP contribution is 2.33. The van der Waals surface area contributed by atoms with Gasteiger partial charge in [0.05, 0.1) is 10.6 Å². The van der Waals surface area contributed by atoms with E-state index < -0.39 is 5.82 Å². The van der Waals surface area contributed by atoms with Gasteiger partial charge in [0.25, 0.3) is 5.91 Å². The zero-order valence-corrected chi connectivity index (χ0v) is 15.6. The van der Waals surface area contributed by atoms with Crippen LogP contribution in [-0.4, -0.2) is 5.91 Å². The molecule has 1 N–H and O–H groups in total. The topological polar surface area (TPSA) is 29.1 Å². The Morgan fingerprint density at radius 3 is 2.44 bits per heavy atom. The molecule has 134 valence electrons. The normalized spacial score (nSPS) is 10.9. The van der Waals surface area contributed by atoms with Crippen LogP contribution in [0.4, 0.5) is 10.1 Å². The van der Waals surface area contributed by atoms with Crippen molar-refractivity contribution < 1.29 is 9.18 Å². The van der Waals surface area contributed by atoms with Gasteiger partial charge in [-0.25, -0.2) is 4.39 Å². The molecule has 4 aromatic rings. The number of carbonyl (C=O) groups is 1. The first-order valence-corrected chi connectivity index (χ1v) is 9.55. The molecule has 3 aromatic carbocycles. The van der Waals surface area contributed by atoms with E-state index in [1.807, 2.05) is 24.3 Å². The molecular weight excluding hydrogens is 357 g/mol. The lowest BCUT2D eigenvalue weighted by Crippen LogP contribution is -2.13.